The summed E-state index contributed by atoms with van der Waals surface area (Å²) >= 11 is 0. The minimum Gasteiger partial charge on any atom is -0.493 e. The fourth-order valence-electron chi connectivity index (χ4n) is 2.77. The van der Waals surface area contributed by atoms with E-state index in [0.717, 1.165) is 5.56 Å². The van der Waals surface area contributed by atoms with Crippen LogP contribution in [0.2, 0.25) is 0 Å². The molecule has 0 unspecified atom stereocenters. The first-order valence-electron chi connectivity index (χ1n) is 9.11. The second kappa shape index (κ2) is 9.41. The van der Waals surface area contributed by atoms with E-state index in [1.165, 1.54) is 11.8 Å². The quantitative estimate of drug-likeness (QED) is 0.364. The minimum atomic E-state index is -0.327. The molecule has 6 heteroatoms. The maximum Gasteiger partial charge on any atom is 0.271 e. The van der Waals surface area contributed by atoms with Crippen LogP contribution >= 0.6 is 0 Å². The summed E-state index contributed by atoms with van der Waals surface area (Å²) in [4.78, 5) is 12.2. The van der Waals surface area contributed by atoms with Crippen molar-refractivity contribution in [2.24, 2.45) is 5.10 Å². The summed E-state index contributed by atoms with van der Waals surface area (Å²) in [6, 6.07) is 20.2. The highest BCUT2D eigenvalue weighted by molar-refractivity contribution is 5.95. The third-order valence-electron chi connectivity index (χ3n) is 4.24. The predicted octanol–water partition coefficient (Wildman–Crippen LogP) is 3.93. The van der Waals surface area contributed by atoms with Crippen molar-refractivity contribution in [3.8, 4) is 11.5 Å². The Balaban J connectivity index is 1.73. The topological polar surface area (TPSA) is 85.9 Å². The Morgan fingerprint density at radius 3 is 2.59 bits per heavy atom. The zero-order valence-corrected chi connectivity index (χ0v) is 16.4. The summed E-state index contributed by atoms with van der Waals surface area (Å²) < 4.78 is 11.4. The number of carbonyl (C=O) groups excluding carboxylic acids is 1. The zero-order chi connectivity index (χ0) is 20.6. The molecule has 0 spiro atoms. The van der Waals surface area contributed by atoms with Crippen LogP contribution in [-0.2, 0) is 6.61 Å². The number of carbonyl (C=O) groups is 1. The fourth-order valence-corrected chi connectivity index (χ4v) is 2.77. The molecular weight excluding hydrogens is 366 g/mol. The zero-order valence-electron chi connectivity index (χ0n) is 16.4. The van der Waals surface area contributed by atoms with Gasteiger partial charge in [-0.15, -0.1) is 0 Å². The Hall–Kier alpha value is -3.80. The van der Waals surface area contributed by atoms with E-state index in [4.69, 9.17) is 15.2 Å². The lowest BCUT2D eigenvalue weighted by atomic mass is 10.1. The van der Waals surface area contributed by atoms with Crippen molar-refractivity contribution in [1.82, 2.24) is 5.43 Å². The van der Waals surface area contributed by atoms with Gasteiger partial charge in [-0.2, -0.15) is 5.10 Å². The third kappa shape index (κ3) is 5.35. The third-order valence-corrected chi connectivity index (χ3v) is 4.24. The van der Waals surface area contributed by atoms with Gasteiger partial charge in [-0.05, 0) is 48.9 Å². The normalized spacial score (nSPS) is 10.7. The van der Waals surface area contributed by atoms with Gasteiger partial charge in [-0.25, -0.2) is 5.43 Å². The van der Waals surface area contributed by atoms with Gasteiger partial charge >= 0.3 is 0 Å². The largest absolute Gasteiger partial charge is 0.493 e. The van der Waals surface area contributed by atoms with Gasteiger partial charge in [0.05, 0.1) is 13.3 Å². The molecule has 0 bridgehead atoms. The number of anilines is 1. The van der Waals surface area contributed by atoms with Gasteiger partial charge in [0, 0.05) is 16.8 Å². The molecule has 3 aromatic carbocycles. The number of nitrogen functional groups attached to an aromatic ring is 1. The van der Waals surface area contributed by atoms with Crippen molar-refractivity contribution in [1.29, 1.82) is 0 Å². The Labute approximate surface area is 170 Å². The van der Waals surface area contributed by atoms with E-state index in [9.17, 15) is 4.79 Å². The first-order chi connectivity index (χ1) is 14.1. The summed E-state index contributed by atoms with van der Waals surface area (Å²) in [5, 5.41) is 4.05. The van der Waals surface area contributed by atoms with E-state index in [-0.39, 0.29) is 5.91 Å². The van der Waals surface area contributed by atoms with Gasteiger partial charge in [-0.3, -0.25) is 4.79 Å². The number of nitrogens with two attached hydrogens (primary N) is 1. The van der Waals surface area contributed by atoms with Crippen LogP contribution in [0.3, 0.4) is 0 Å². The smallest absolute Gasteiger partial charge is 0.271 e. The Morgan fingerprint density at radius 2 is 1.86 bits per heavy atom. The molecule has 148 valence electrons. The molecule has 0 fully saturated rings. The first-order valence-corrected chi connectivity index (χ1v) is 9.11. The van der Waals surface area contributed by atoms with Crippen molar-refractivity contribution in [2.75, 3.05) is 12.8 Å². The monoisotopic (exact) mass is 389 g/mol. The molecule has 0 heterocycles. The summed E-state index contributed by atoms with van der Waals surface area (Å²) in [6.45, 7) is 2.43. The molecule has 1 amide bonds. The number of aryl methyl sites for hydroxylation is 1. The molecule has 3 N–H and O–H groups in total. The van der Waals surface area contributed by atoms with Crippen molar-refractivity contribution in [3.63, 3.8) is 0 Å². The maximum absolute atomic E-state index is 12.2. The van der Waals surface area contributed by atoms with E-state index < -0.39 is 0 Å². The predicted molar refractivity (Wildman–Crippen MR) is 114 cm³/mol. The number of benzene rings is 3. The molecule has 3 rings (SSSR count). The van der Waals surface area contributed by atoms with Gasteiger partial charge < -0.3 is 15.2 Å². The molecule has 0 aliphatic heterocycles. The van der Waals surface area contributed by atoms with Crippen LogP contribution in [0, 0.1) is 6.92 Å². The molecular formula is C23H23N3O3. The molecule has 3 aromatic rings. The summed E-state index contributed by atoms with van der Waals surface area (Å²) in [7, 11) is 1.58. The highest BCUT2D eigenvalue weighted by Crippen LogP contribution is 2.30. The SMILES string of the molecule is COc1cccc(/C=N\NC(=O)c2ccc(N)cc2)c1OCc1cccc(C)c1. The summed E-state index contributed by atoms with van der Waals surface area (Å²) in [6.07, 6.45) is 1.53. The second-order valence-corrected chi connectivity index (χ2v) is 6.48. The molecule has 0 aromatic heterocycles. The molecule has 0 saturated carbocycles. The molecule has 6 nitrogen and oxygen atoms in total. The highest BCUT2D eigenvalue weighted by Gasteiger charge is 2.10. The molecule has 0 aliphatic rings. The lowest BCUT2D eigenvalue weighted by molar-refractivity contribution is 0.0955. The van der Waals surface area contributed by atoms with E-state index in [1.807, 2.05) is 43.3 Å². The summed E-state index contributed by atoms with van der Waals surface area (Å²) in [5.41, 5.74) is 12.1. The second-order valence-electron chi connectivity index (χ2n) is 6.48. The van der Waals surface area contributed by atoms with Crippen molar-refractivity contribution >= 4 is 17.8 Å². The Bertz CT molecular complexity index is 1010. The Kier molecular flexibility index (Phi) is 6.47. The number of nitrogens with zero attached hydrogens (tertiary/aromatic N) is 1. The minimum absolute atomic E-state index is 0.327. The van der Waals surface area contributed by atoms with E-state index in [0.29, 0.717) is 34.9 Å². The van der Waals surface area contributed by atoms with Crippen LogP contribution in [0.1, 0.15) is 27.0 Å². The lowest BCUT2D eigenvalue weighted by Crippen LogP contribution is -2.17. The van der Waals surface area contributed by atoms with Crippen LogP contribution in [-0.4, -0.2) is 19.2 Å². The van der Waals surface area contributed by atoms with Crippen molar-refractivity contribution in [3.05, 3.63) is 89.0 Å². The standard InChI is InChI=1S/C23H23N3O3/c1-16-5-3-6-17(13-16)15-29-22-19(7-4-8-21(22)28-2)14-25-26-23(27)18-9-11-20(24)12-10-18/h3-14H,15,24H2,1-2H3,(H,26,27)/b25-14-. The van der Waals surface area contributed by atoms with Crippen LogP contribution < -0.4 is 20.6 Å². The molecule has 0 atom stereocenters. The van der Waals surface area contributed by atoms with Gasteiger partial charge in [0.1, 0.15) is 6.61 Å². The number of hydrogen-bond donors (Lipinski definition) is 2. The van der Waals surface area contributed by atoms with Gasteiger partial charge in [0.15, 0.2) is 11.5 Å². The highest BCUT2D eigenvalue weighted by atomic mass is 16.5. The number of methoxy groups -OCH3 is 1. The number of hydrogen-bond acceptors (Lipinski definition) is 5. The fraction of sp³-hybridized carbons (Fsp3) is 0.130. The number of amides is 1. The number of ether oxygens (including phenoxy) is 2. The maximum atomic E-state index is 12.2. The molecule has 29 heavy (non-hydrogen) atoms. The van der Waals surface area contributed by atoms with E-state index >= 15 is 0 Å². The van der Waals surface area contributed by atoms with E-state index in [2.05, 4.69) is 16.6 Å². The van der Waals surface area contributed by atoms with Crippen LogP contribution in [0.25, 0.3) is 0 Å². The number of nitrogens with one attached hydrogen (secondary N) is 1. The van der Waals surface area contributed by atoms with Gasteiger partial charge in [0.25, 0.3) is 5.91 Å². The average molecular weight is 389 g/mol. The number of rotatable bonds is 7. The molecule has 0 saturated heterocycles. The number of para-hydroxylation sites is 1. The molecule has 0 radical (unpaired) electrons. The summed E-state index contributed by atoms with van der Waals surface area (Å²) in [5.74, 6) is 0.819. The van der Waals surface area contributed by atoms with Gasteiger partial charge in [-0.1, -0.05) is 35.9 Å². The van der Waals surface area contributed by atoms with Gasteiger partial charge in [0.2, 0.25) is 0 Å². The van der Waals surface area contributed by atoms with Crippen LogP contribution in [0.5, 0.6) is 11.5 Å². The van der Waals surface area contributed by atoms with Crippen LogP contribution in [0.4, 0.5) is 5.69 Å². The Morgan fingerprint density at radius 1 is 1.10 bits per heavy atom. The number of hydrazone groups is 1. The van der Waals surface area contributed by atoms with Crippen LogP contribution in [0.15, 0.2) is 71.8 Å². The molecule has 0 aliphatic carbocycles. The van der Waals surface area contributed by atoms with Crippen molar-refractivity contribution in [2.45, 2.75) is 13.5 Å². The lowest BCUT2D eigenvalue weighted by Gasteiger charge is -2.13. The van der Waals surface area contributed by atoms with Crippen molar-refractivity contribution < 1.29 is 14.3 Å². The average Bonchev–Trinajstić information content (AvgIpc) is 2.73. The first kappa shape index (κ1) is 19.9. The van der Waals surface area contributed by atoms with E-state index in [1.54, 1.807) is 31.4 Å².